The van der Waals surface area contributed by atoms with E-state index in [1.807, 2.05) is 13.8 Å². The summed E-state index contributed by atoms with van der Waals surface area (Å²) in [6.45, 7) is 8.27. The van der Waals surface area contributed by atoms with Crippen molar-refractivity contribution in [3.63, 3.8) is 0 Å². The van der Waals surface area contributed by atoms with Gasteiger partial charge >= 0.3 is 0 Å². The average molecular weight is 387 g/mol. The number of nitrogens with one attached hydrogen (secondary N) is 2. The monoisotopic (exact) mass is 387 g/mol. The highest BCUT2D eigenvalue weighted by Crippen LogP contribution is 2.20. The highest BCUT2D eigenvalue weighted by Gasteiger charge is 2.24. The van der Waals surface area contributed by atoms with Gasteiger partial charge in [-0.15, -0.1) is 0 Å². The van der Waals surface area contributed by atoms with Crippen LogP contribution in [0.25, 0.3) is 11.3 Å². The fourth-order valence-electron chi connectivity index (χ4n) is 2.51. The van der Waals surface area contributed by atoms with Crippen LogP contribution in [-0.2, 0) is 6.54 Å². The smallest absolute Gasteiger partial charge is 0.251 e. The quantitative estimate of drug-likeness (QED) is 0.451. The average Bonchev–Trinajstić information content (AvgIpc) is 2.67. The lowest BCUT2D eigenvalue weighted by Gasteiger charge is -2.29. The van der Waals surface area contributed by atoms with Crippen molar-refractivity contribution in [1.29, 1.82) is 0 Å². The van der Waals surface area contributed by atoms with Crippen molar-refractivity contribution in [1.82, 2.24) is 15.6 Å². The molecule has 0 saturated carbocycles. The number of rotatable bonds is 9. The third-order valence-electron chi connectivity index (χ3n) is 4.92. The van der Waals surface area contributed by atoms with Crippen LogP contribution in [0.1, 0.15) is 56.6 Å². The molecule has 2 aromatic rings. The molecular weight excluding hydrogens is 357 g/mol. The van der Waals surface area contributed by atoms with Crippen molar-refractivity contribution in [2.45, 2.75) is 52.8 Å². The Morgan fingerprint density at radius 2 is 1.89 bits per heavy atom. The van der Waals surface area contributed by atoms with Gasteiger partial charge in [0.1, 0.15) is 11.5 Å². The Balaban J connectivity index is 2.12. The maximum absolute atomic E-state index is 14.1. The summed E-state index contributed by atoms with van der Waals surface area (Å²) in [5, 5.41) is 16.1. The van der Waals surface area contributed by atoms with Crippen molar-refractivity contribution in [2.24, 2.45) is 5.92 Å². The van der Waals surface area contributed by atoms with Crippen molar-refractivity contribution in [2.75, 3.05) is 6.54 Å². The Hall–Kier alpha value is -2.31. The minimum absolute atomic E-state index is 0.0326. The Bertz CT molecular complexity index is 789. The summed E-state index contributed by atoms with van der Waals surface area (Å²) in [4.78, 5) is 16.5. The highest BCUT2D eigenvalue weighted by molar-refractivity contribution is 5.94. The van der Waals surface area contributed by atoms with Crippen LogP contribution in [0.15, 0.2) is 36.4 Å². The van der Waals surface area contributed by atoms with E-state index in [2.05, 4.69) is 22.5 Å². The zero-order chi connectivity index (χ0) is 20.7. The summed E-state index contributed by atoms with van der Waals surface area (Å²) in [7, 11) is 0. The number of carbonyl (C=O) groups is 1. The Morgan fingerprint density at radius 1 is 1.21 bits per heavy atom. The van der Waals surface area contributed by atoms with E-state index in [1.165, 1.54) is 6.07 Å². The molecule has 0 saturated heterocycles. The van der Waals surface area contributed by atoms with E-state index in [-0.39, 0.29) is 24.1 Å². The first kappa shape index (κ1) is 22.0. The Morgan fingerprint density at radius 3 is 2.50 bits per heavy atom. The minimum atomic E-state index is -1.11. The number of unbranched alkanes of at least 4 members (excludes halogenated alkanes) is 1. The van der Waals surface area contributed by atoms with E-state index < -0.39 is 11.5 Å². The van der Waals surface area contributed by atoms with Gasteiger partial charge in [-0.3, -0.25) is 10.1 Å². The van der Waals surface area contributed by atoms with Crippen molar-refractivity contribution < 1.29 is 14.3 Å². The maximum atomic E-state index is 14.1. The molecule has 0 fully saturated rings. The number of pyridine rings is 1. The van der Waals surface area contributed by atoms with Crippen molar-refractivity contribution in [3.05, 3.63) is 53.5 Å². The topological polar surface area (TPSA) is 74.2 Å². The van der Waals surface area contributed by atoms with E-state index in [1.54, 1.807) is 37.3 Å². The van der Waals surface area contributed by atoms with Crippen LogP contribution < -0.4 is 10.6 Å². The van der Waals surface area contributed by atoms with Gasteiger partial charge in [0.05, 0.1) is 11.4 Å². The van der Waals surface area contributed by atoms with Gasteiger partial charge < -0.3 is 10.4 Å². The van der Waals surface area contributed by atoms with E-state index in [9.17, 15) is 14.3 Å². The van der Waals surface area contributed by atoms with Crippen LogP contribution in [-0.4, -0.2) is 28.3 Å². The molecule has 0 unspecified atom stereocenters. The Kier molecular flexibility index (Phi) is 7.66. The first-order chi connectivity index (χ1) is 13.2. The second kappa shape index (κ2) is 9.75. The first-order valence-electron chi connectivity index (χ1n) is 9.76. The minimum Gasteiger partial charge on any atom is -0.376 e. The molecule has 1 amide bonds. The van der Waals surface area contributed by atoms with Gasteiger partial charge in [-0.05, 0) is 43.5 Å². The van der Waals surface area contributed by atoms with E-state index >= 15 is 0 Å². The van der Waals surface area contributed by atoms with Crippen LogP contribution in [0.4, 0.5) is 4.39 Å². The fourth-order valence-corrected chi connectivity index (χ4v) is 2.51. The number of amides is 1. The third kappa shape index (κ3) is 5.84. The predicted molar refractivity (Wildman–Crippen MR) is 109 cm³/mol. The molecule has 1 aromatic heterocycles. The number of aromatic nitrogens is 1. The van der Waals surface area contributed by atoms with Crippen LogP contribution in [0, 0.1) is 11.7 Å². The molecule has 0 radical (unpaired) electrons. The standard InChI is InChI=1S/C22H30FN3O2/c1-5-6-13-24-21(27)17-9-7-16(8-10-17)19-12-11-18(23)20(26-19)14-25-22(4,28)15(2)3/h7-12,15,25,28H,5-6,13-14H2,1-4H3,(H,24,27)/t22-/m1/s1. The van der Waals surface area contributed by atoms with Crippen LogP contribution in [0.3, 0.4) is 0 Å². The number of aliphatic hydroxyl groups is 1. The lowest BCUT2D eigenvalue weighted by Crippen LogP contribution is -2.46. The van der Waals surface area contributed by atoms with Crippen molar-refractivity contribution in [3.8, 4) is 11.3 Å². The molecule has 2 rings (SSSR count). The van der Waals surface area contributed by atoms with Gasteiger partial charge in [0.25, 0.3) is 5.91 Å². The zero-order valence-corrected chi connectivity index (χ0v) is 17.1. The molecular formula is C22H30FN3O2. The molecule has 28 heavy (non-hydrogen) atoms. The highest BCUT2D eigenvalue weighted by atomic mass is 19.1. The fraction of sp³-hybridized carbons (Fsp3) is 0.455. The normalized spacial score (nSPS) is 13.4. The lowest BCUT2D eigenvalue weighted by atomic mass is 10.0. The summed E-state index contributed by atoms with van der Waals surface area (Å²) in [5.41, 5.74) is 1.11. The van der Waals surface area contributed by atoms with Gasteiger partial charge in [0.15, 0.2) is 0 Å². The lowest BCUT2D eigenvalue weighted by molar-refractivity contribution is -0.0219. The molecule has 1 aromatic carbocycles. The van der Waals surface area contributed by atoms with E-state index in [4.69, 9.17) is 0 Å². The molecule has 0 aliphatic rings. The van der Waals surface area contributed by atoms with Crippen LogP contribution in [0.5, 0.6) is 0 Å². The largest absolute Gasteiger partial charge is 0.376 e. The van der Waals surface area contributed by atoms with Gasteiger partial charge in [-0.2, -0.15) is 0 Å². The summed E-state index contributed by atoms with van der Waals surface area (Å²) in [6, 6.07) is 10.1. The molecule has 0 aliphatic carbocycles. The summed E-state index contributed by atoms with van der Waals surface area (Å²) in [5.74, 6) is -0.564. The molecule has 1 heterocycles. The van der Waals surface area contributed by atoms with Crippen molar-refractivity contribution >= 4 is 5.91 Å². The number of hydrogen-bond acceptors (Lipinski definition) is 4. The van der Waals surface area contributed by atoms with Crippen LogP contribution >= 0.6 is 0 Å². The van der Waals surface area contributed by atoms with Gasteiger partial charge in [0.2, 0.25) is 0 Å². The molecule has 0 spiro atoms. The molecule has 1 atom stereocenters. The molecule has 5 nitrogen and oxygen atoms in total. The third-order valence-corrected chi connectivity index (χ3v) is 4.92. The molecule has 0 aliphatic heterocycles. The summed E-state index contributed by atoms with van der Waals surface area (Å²) >= 11 is 0. The summed E-state index contributed by atoms with van der Waals surface area (Å²) < 4.78 is 14.1. The predicted octanol–water partition coefficient (Wildman–Crippen LogP) is 3.87. The molecule has 152 valence electrons. The number of hydrogen-bond donors (Lipinski definition) is 3. The number of carbonyl (C=O) groups excluding carboxylic acids is 1. The van der Waals surface area contributed by atoms with E-state index in [0.29, 0.717) is 17.8 Å². The number of benzene rings is 1. The maximum Gasteiger partial charge on any atom is 0.251 e. The first-order valence-corrected chi connectivity index (χ1v) is 9.76. The number of halogens is 1. The molecule has 0 bridgehead atoms. The van der Waals surface area contributed by atoms with Crippen LogP contribution in [0.2, 0.25) is 0 Å². The molecule has 3 N–H and O–H groups in total. The SMILES string of the molecule is CCCCNC(=O)c1ccc(-c2ccc(F)c(CN[C@](C)(O)C(C)C)n2)cc1. The van der Waals surface area contributed by atoms with Gasteiger partial charge in [-0.1, -0.05) is 39.3 Å². The second-order valence-electron chi connectivity index (χ2n) is 7.47. The Labute approximate surface area is 166 Å². The second-order valence-corrected chi connectivity index (χ2v) is 7.47. The molecule has 6 heteroatoms. The van der Waals surface area contributed by atoms with Gasteiger partial charge in [-0.25, -0.2) is 9.37 Å². The summed E-state index contributed by atoms with van der Waals surface area (Å²) in [6.07, 6.45) is 1.98. The zero-order valence-electron chi connectivity index (χ0n) is 17.1. The van der Waals surface area contributed by atoms with Gasteiger partial charge in [0, 0.05) is 24.2 Å². The number of nitrogens with zero attached hydrogens (tertiary/aromatic N) is 1. The van der Waals surface area contributed by atoms with E-state index in [0.717, 1.165) is 18.4 Å².